The van der Waals surface area contributed by atoms with Crippen molar-refractivity contribution in [2.24, 2.45) is 0 Å². The van der Waals surface area contributed by atoms with Gasteiger partial charge >= 0.3 is 0 Å². The van der Waals surface area contributed by atoms with E-state index in [1.54, 1.807) is 30.3 Å². The summed E-state index contributed by atoms with van der Waals surface area (Å²) in [7, 11) is 0. The Kier molecular flexibility index (Phi) is 5.76. The molecule has 2 rings (SSSR count). The van der Waals surface area contributed by atoms with E-state index < -0.39 is 11.9 Å². The van der Waals surface area contributed by atoms with E-state index >= 15 is 0 Å². The van der Waals surface area contributed by atoms with Gasteiger partial charge in [-0.15, -0.1) is 0 Å². The number of amides is 1. The molecule has 0 fully saturated rings. The average Bonchev–Trinajstić information content (AvgIpc) is 2.54. The van der Waals surface area contributed by atoms with Gasteiger partial charge in [-0.1, -0.05) is 22.9 Å². The molecule has 0 atom stereocenters. The second-order valence-corrected chi connectivity index (χ2v) is 5.72. The lowest BCUT2D eigenvalue weighted by atomic mass is 10.1. The Morgan fingerprint density at radius 1 is 1.17 bits per heavy atom. The lowest BCUT2D eigenvalue weighted by Gasteiger charge is -2.12. The lowest BCUT2D eigenvalue weighted by molar-refractivity contribution is -0.254. The standard InChI is InChI=1S/C17H16BrNO4/c1-2-9-23-13-6-3-11(4-7-13)16(20)19-15-8-5-12(18)10-14(15)17(21)22/h3-8,10H,2,9H2,1H3,(H,19,20)(H,21,22)/p-1. The number of nitrogens with one attached hydrogen (secondary N) is 1. The molecule has 0 saturated carbocycles. The number of rotatable bonds is 6. The molecule has 0 aliphatic rings. The third-order valence-corrected chi connectivity index (χ3v) is 3.53. The van der Waals surface area contributed by atoms with Crippen LogP contribution in [0.5, 0.6) is 5.75 Å². The molecule has 5 nitrogen and oxygen atoms in total. The fourth-order valence-corrected chi connectivity index (χ4v) is 2.27. The van der Waals surface area contributed by atoms with Gasteiger partial charge in [-0.25, -0.2) is 0 Å². The van der Waals surface area contributed by atoms with Crippen molar-refractivity contribution in [3.05, 3.63) is 58.1 Å². The number of carbonyl (C=O) groups is 2. The molecule has 0 aliphatic heterocycles. The number of anilines is 1. The fourth-order valence-electron chi connectivity index (χ4n) is 1.91. The topological polar surface area (TPSA) is 78.5 Å². The van der Waals surface area contributed by atoms with Crippen molar-refractivity contribution in [3.63, 3.8) is 0 Å². The third-order valence-electron chi connectivity index (χ3n) is 3.04. The summed E-state index contributed by atoms with van der Waals surface area (Å²) in [5, 5.41) is 13.7. The smallest absolute Gasteiger partial charge is 0.255 e. The molecule has 0 radical (unpaired) electrons. The first-order valence-corrected chi connectivity index (χ1v) is 7.85. The van der Waals surface area contributed by atoms with Crippen LogP contribution in [0.2, 0.25) is 0 Å². The van der Waals surface area contributed by atoms with Crippen molar-refractivity contribution in [1.82, 2.24) is 0 Å². The molecule has 23 heavy (non-hydrogen) atoms. The van der Waals surface area contributed by atoms with E-state index in [-0.39, 0.29) is 11.3 Å². The van der Waals surface area contributed by atoms with Gasteiger partial charge in [0.2, 0.25) is 0 Å². The molecule has 0 unspecified atom stereocenters. The second kappa shape index (κ2) is 7.78. The van der Waals surface area contributed by atoms with Crippen LogP contribution in [0.4, 0.5) is 5.69 Å². The van der Waals surface area contributed by atoms with Gasteiger partial charge < -0.3 is 20.0 Å². The summed E-state index contributed by atoms with van der Waals surface area (Å²) in [6.07, 6.45) is 0.901. The monoisotopic (exact) mass is 376 g/mol. The van der Waals surface area contributed by atoms with E-state index in [2.05, 4.69) is 21.2 Å². The summed E-state index contributed by atoms with van der Waals surface area (Å²) in [5.41, 5.74) is 0.501. The molecule has 120 valence electrons. The number of carbonyl (C=O) groups excluding carboxylic acids is 2. The van der Waals surface area contributed by atoms with E-state index in [0.29, 0.717) is 22.4 Å². The Morgan fingerprint density at radius 2 is 1.87 bits per heavy atom. The SMILES string of the molecule is CCCOc1ccc(C(=O)Nc2ccc(Br)cc2C(=O)[O-])cc1. The lowest BCUT2D eigenvalue weighted by Crippen LogP contribution is -2.25. The Bertz CT molecular complexity index is 713. The molecule has 1 N–H and O–H groups in total. The Hall–Kier alpha value is -2.34. The number of aromatic carboxylic acids is 1. The maximum atomic E-state index is 12.2. The van der Waals surface area contributed by atoms with E-state index in [0.717, 1.165) is 6.42 Å². The van der Waals surface area contributed by atoms with E-state index in [1.165, 1.54) is 12.1 Å². The summed E-state index contributed by atoms with van der Waals surface area (Å²) >= 11 is 3.19. The van der Waals surface area contributed by atoms with Gasteiger partial charge in [-0.2, -0.15) is 0 Å². The van der Waals surface area contributed by atoms with Crippen LogP contribution in [0.1, 0.15) is 34.1 Å². The first kappa shape index (κ1) is 17.0. The van der Waals surface area contributed by atoms with Gasteiger partial charge in [0.15, 0.2) is 0 Å². The molecule has 1 amide bonds. The van der Waals surface area contributed by atoms with Crippen LogP contribution in [0.25, 0.3) is 0 Å². The van der Waals surface area contributed by atoms with Crippen molar-refractivity contribution >= 4 is 33.5 Å². The number of hydrogen-bond donors (Lipinski definition) is 1. The highest BCUT2D eigenvalue weighted by molar-refractivity contribution is 9.10. The molecule has 2 aromatic rings. The largest absolute Gasteiger partial charge is 0.545 e. The minimum atomic E-state index is -1.36. The molecule has 0 bridgehead atoms. The zero-order valence-electron chi connectivity index (χ0n) is 12.5. The van der Waals surface area contributed by atoms with Crippen LogP contribution < -0.4 is 15.2 Å². The summed E-state index contributed by atoms with van der Waals surface area (Å²) in [4.78, 5) is 23.4. The molecule has 2 aromatic carbocycles. The van der Waals surface area contributed by atoms with E-state index in [9.17, 15) is 14.7 Å². The average molecular weight is 377 g/mol. The Labute approximate surface area is 142 Å². The minimum Gasteiger partial charge on any atom is -0.545 e. The van der Waals surface area contributed by atoms with E-state index in [1.807, 2.05) is 6.92 Å². The predicted molar refractivity (Wildman–Crippen MR) is 88.7 cm³/mol. The molecule has 0 saturated heterocycles. The highest BCUT2D eigenvalue weighted by Gasteiger charge is 2.10. The summed E-state index contributed by atoms with van der Waals surface area (Å²) in [6, 6.07) is 11.2. The van der Waals surface area contributed by atoms with Crippen molar-refractivity contribution in [3.8, 4) is 5.75 Å². The highest BCUT2D eigenvalue weighted by atomic mass is 79.9. The zero-order chi connectivity index (χ0) is 16.8. The Morgan fingerprint density at radius 3 is 2.48 bits per heavy atom. The molecular weight excluding hydrogens is 362 g/mol. The van der Waals surface area contributed by atoms with Crippen LogP contribution in [0, 0.1) is 0 Å². The maximum Gasteiger partial charge on any atom is 0.255 e. The van der Waals surface area contributed by atoms with Crippen LogP contribution >= 0.6 is 15.9 Å². The number of halogens is 1. The van der Waals surface area contributed by atoms with E-state index in [4.69, 9.17) is 4.74 Å². The first-order chi connectivity index (χ1) is 11.0. The van der Waals surface area contributed by atoms with Crippen LogP contribution in [0.3, 0.4) is 0 Å². The van der Waals surface area contributed by atoms with Crippen molar-refractivity contribution in [1.29, 1.82) is 0 Å². The minimum absolute atomic E-state index is 0.0874. The predicted octanol–water partition coefficient (Wildman–Crippen LogP) is 2.85. The van der Waals surface area contributed by atoms with Gasteiger partial charge in [0.25, 0.3) is 5.91 Å². The number of carboxylic acids is 1. The second-order valence-electron chi connectivity index (χ2n) is 4.80. The summed E-state index contributed by atoms with van der Waals surface area (Å²) in [5.74, 6) is -1.08. The zero-order valence-corrected chi connectivity index (χ0v) is 14.1. The maximum absolute atomic E-state index is 12.2. The quantitative estimate of drug-likeness (QED) is 0.840. The van der Waals surface area contributed by atoms with Crippen molar-refractivity contribution in [2.75, 3.05) is 11.9 Å². The molecule has 6 heteroatoms. The van der Waals surface area contributed by atoms with Gasteiger partial charge in [0, 0.05) is 15.6 Å². The highest BCUT2D eigenvalue weighted by Crippen LogP contribution is 2.21. The number of ether oxygens (including phenoxy) is 1. The molecular formula is C17H15BrNO4-. The Balaban J connectivity index is 2.14. The number of carboxylic acid groups (broad SMARTS) is 1. The molecule has 0 aromatic heterocycles. The van der Waals surface area contributed by atoms with Gasteiger partial charge in [-0.05, 0) is 48.9 Å². The number of hydrogen-bond acceptors (Lipinski definition) is 4. The van der Waals surface area contributed by atoms with Crippen molar-refractivity contribution < 1.29 is 19.4 Å². The van der Waals surface area contributed by atoms with Gasteiger partial charge in [-0.3, -0.25) is 4.79 Å². The molecule has 0 aliphatic carbocycles. The summed E-state index contributed by atoms with van der Waals surface area (Å²) in [6.45, 7) is 2.62. The fraction of sp³-hybridized carbons (Fsp3) is 0.176. The normalized spacial score (nSPS) is 10.2. The van der Waals surface area contributed by atoms with Gasteiger partial charge in [0.05, 0.1) is 18.3 Å². The third kappa shape index (κ3) is 4.56. The van der Waals surface area contributed by atoms with Crippen LogP contribution in [0.15, 0.2) is 46.9 Å². The first-order valence-electron chi connectivity index (χ1n) is 7.06. The molecule has 0 heterocycles. The van der Waals surface area contributed by atoms with Gasteiger partial charge in [0.1, 0.15) is 5.75 Å². The molecule has 0 spiro atoms. The summed E-state index contributed by atoms with van der Waals surface area (Å²) < 4.78 is 6.04. The van der Waals surface area contributed by atoms with Crippen molar-refractivity contribution in [2.45, 2.75) is 13.3 Å². The van der Waals surface area contributed by atoms with Crippen LogP contribution in [-0.4, -0.2) is 18.5 Å². The van der Waals surface area contributed by atoms with Crippen LogP contribution in [-0.2, 0) is 0 Å². The number of benzene rings is 2.